The van der Waals surface area contributed by atoms with Crippen molar-refractivity contribution in [2.75, 3.05) is 6.54 Å². The predicted octanol–water partition coefficient (Wildman–Crippen LogP) is 3.29. The molecule has 1 aromatic carbocycles. The second kappa shape index (κ2) is 8.83. The Labute approximate surface area is 129 Å². The number of hydrogen-bond donors (Lipinski definition) is 2. The molecular weight excluding hydrogens is 260 g/mol. The summed E-state index contributed by atoms with van der Waals surface area (Å²) in [6, 6.07) is 10.8. The molecule has 3 heteroatoms. The summed E-state index contributed by atoms with van der Waals surface area (Å²) in [5.74, 6) is 0.0940. The van der Waals surface area contributed by atoms with E-state index < -0.39 is 0 Å². The van der Waals surface area contributed by atoms with Crippen molar-refractivity contribution in [1.82, 2.24) is 10.6 Å². The zero-order chi connectivity index (χ0) is 15.7. The van der Waals surface area contributed by atoms with Gasteiger partial charge in [-0.3, -0.25) is 4.79 Å². The van der Waals surface area contributed by atoms with Crippen molar-refractivity contribution in [2.45, 2.75) is 65.0 Å². The minimum absolute atomic E-state index is 0.0406. The zero-order valence-electron chi connectivity index (χ0n) is 13.9. The molecule has 1 aromatic rings. The molecule has 0 bridgehead atoms. The topological polar surface area (TPSA) is 41.1 Å². The van der Waals surface area contributed by atoms with E-state index in [0.717, 1.165) is 25.7 Å². The number of rotatable bonds is 9. The van der Waals surface area contributed by atoms with Crippen molar-refractivity contribution in [2.24, 2.45) is 0 Å². The molecule has 118 valence electrons. The Hall–Kier alpha value is -1.35. The first-order valence-corrected chi connectivity index (χ1v) is 8.05. The van der Waals surface area contributed by atoms with E-state index in [-0.39, 0.29) is 11.4 Å². The van der Waals surface area contributed by atoms with Crippen molar-refractivity contribution in [3.8, 4) is 0 Å². The average Bonchev–Trinajstić information content (AvgIpc) is 2.50. The van der Waals surface area contributed by atoms with Gasteiger partial charge in [0.15, 0.2) is 0 Å². The summed E-state index contributed by atoms with van der Waals surface area (Å²) in [7, 11) is 0. The van der Waals surface area contributed by atoms with Gasteiger partial charge in [-0.2, -0.15) is 0 Å². The summed E-state index contributed by atoms with van der Waals surface area (Å²) in [5.41, 5.74) is 1.30. The average molecular weight is 290 g/mol. The van der Waals surface area contributed by atoms with Crippen LogP contribution in [-0.2, 0) is 11.2 Å². The molecule has 1 rings (SSSR count). The number of carbonyl (C=O) groups excluding carboxylic acids is 1. The third-order valence-corrected chi connectivity index (χ3v) is 3.96. The highest BCUT2D eigenvalue weighted by Crippen LogP contribution is 2.13. The van der Waals surface area contributed by atoms with E-state index in [4.69, 9.17) is 0 Å². The number of benzene rings is 1. The van der Waals surface area contributed by atoms with E-state index in [0.29, 0.717) is 12.6 Å². The van der Waals surface area contributed by atoms with Crippen LogP contribution in [0.2, 0.25) is 0 Å². The summed E-state index contributed by atoms with van der Waals surface area (Å²) in [6.07, 6.45) is 4.00. The van der Waals surface area contributed by atoms with Gasteiger partial charge in [0.1, 0.15) is 0 Å². The molecule has 0 heterocycles. The zero-order valence-corrected chi connectivity index (χ0v) is 13.9. The first-order chi connectivity index (χ1) is 9.96. The monoisotopic (exact) mass is 290 g/mol. The number of hydrogen-bond acceptors (Lipinski definition) is 2. The highest BCUT2D eigenvalue weighted by molar-refractivity contribution is 5.78. The Morgan fingerprint density at radius 3 is 2.33 bits per heavy atom. The third kappa shape index (κ3) is 7.28. The lowest BCUT2D eigenvalue weighted by molar-refractivity contribution is -0.121. The van der Waals surface area contributed by atoms with Gasteiger partial charge in [0.2, 0.25) is 5.91 Å². The maximum absolute atomic E-state index is 11.9. The van der Waals surface area contributed by atoms with Crippen LogP contribution < -0.4 is 10.6 Å². The second-order valence-electron chi connectivity index (χ2n) is 6.30. The summed E-state index contributed by atoms with van der Waals surface area (Å²) >= 11 is 0. The lowest BCUT2D eigenvalue weighted by atomic mass is 9.95. The van der Waals surface area contributed by atoms with E-state index in [2.05, 4.69) is 62.6 Å². The molecule has 0 spiro atoms. The molecule has 0 aromatic heterocycles. The molecule has 1 amide bonds. The van der Waals surface area contributed by atoms with E-state index in [1.165, 1.54) is 5.56 Å². The maximum Gasteiger partial charge on any atom is 0.234 e. The number of amides is 1. The normalized spacial score (nSPS) is 11.7. The van der Waals surface area contributed by atoms with Crippen molar-refractivity contribution in [1.29, 1.82) is 0 Å². The predicted molar refractivity (Wildman–Crippen MR) is 89.4 cm³/mol. The van der Waals surface area contributed by atoms with Crippen LogP contribution in [0.5, 0.6) is 0 Å². The molecule has 0 aliphatic rings. The molecule has 0 fully saturated rings. The second-order valence-corrected chi connectivity index (χ2v) is 6.30. The number of carbonyl (C=O) groups is 1. The largest absolute Gasteiger partial charge is 0.352 e. The van der Waals surface area contributed by atoms with Gasteiger partial charge < -0.3 is 10.6 Å². The standard InChI is InChI=1S/C18H30N2O/c1-5-16(6-2)20-17(21)14-19-18(3,4)13-12-15-10-8-7-9-11-15/h7-11,16,19H,5-6,12-14H2,1-4H3,(H,20,21). The van der Waals surface area contributed by atoms with Gasteiger partial charge in [0.25, 0.3) is 0 Å². The lowest BCUT2D eigenvalue weighted by Gasteiger charge is -2.27. The van der Waals surface area contributed by atoms with Crippen LogP contribution in [0.3, 0.4) is 0 Å². The van der Waals surface area contributed by atoms with Crippen molar-refractivity contribution in [3.05, 3.63) is 35.9 Å². The van der Waals surface area contributed by atoms with Gasteiger partial charge >= 0.3 is 0 Å². The third-order valence-electron chi connectivity index (χ3n) is 3.96. The fourth-order valence-electron chi connectivity index (χ4n) is 2.28. The van der Waals surface area contributed by atoms with Gasteiger partial charge in [-0.1, -0.05) is 44.2 Å². The molecule has 0 aliphatic carbocycles. The number of aryl methyl sites for hydroxylation is 1. The Morgan fingerprint density at radius 2 is 1.76 bits per heavy atom. The Balaban J connectivity index is 2.33. The molecule has 0 saturated heterocycles. The number of nitrogens with one attached hydrogen (secondary N) is 2. The van der Waals surface area contributed by atoms with Crippen LogP contribution in [0.4, 0.5) is 0 Å². The van der Waals surface area contributed by atoms with Gasteiger partial charge in [0.05, 0.1) is 6.54 Å². The SMILES string of the molecule is CCC(CC)NC(=O)CNC(C)(C)CCc1ccccc1. The Bertz CT molecular complexity index is 410. The molecule has 3 nitrogen and oxygen atoms in total. The molecule has 0 unspecified atom stereocenters. The first kappa shape index (κ1) is 17.7. The summed E-state index contributed by atoms with van der Waals surface area (Å²) < 4.78 is 0. The van der Waals surface area contributed by atoms with Crippen molar-refractivity contribution in [3.63, 3.8) is 0 Å². The first-order valence-electron chi connectivity index (χ1n) is 8.05. The smallest absolute Gasteiger partial charge is 0.234 e. The van der Waals surface area contributed by atoms with Crippen LogP contribution in [0.25, 0.3) is 0 Å². The quantitative estimate of drug-likeness (QED) is 0.732. The van der Waals surface area contributed by atoms with E-state index in [9.17, 15) is 4.79 Å². The molecular formula is C18H30N2O. The summed E-state index contributed by atoms with van der Waals surface area (Å²) in [6.45, 7) is 8.90. The highest BCUT2D eigenvalue weighted by Gasteiger charge is 2.18. The Morgan fingerprint density at radius 1 is 1.14 bits per heavy atom. The molecule has 21 heavy (non-hydrogen) atoms. The highest BCUT2D eigenvalue weighted by atomic mass is 16.2. The van der Waals surface area contributed by atoms with Gasteiger partial charge in [-0.15, -0.1) is 0 Å². The van der Waals surface area contributed by atoms with Gasteiger partial charge in [-0.25, -0.2) is 0 Å². The fourth-order valence-corrected chi connectivity index (χ4v) is 2.28. The summed E-state index contributed by atoms with van der Waals surface area (Å²) in [4.78, 5) is 11.9. The van der Waals surface area contributed by atoms with Crippen LogP contribution in [0.15, 0.2) is 30.3 Å². The minimum atomic E-state index is -0.0406. The molecule has 0 radical (unpaired) electrons. The molecule has 0 saturated carbocycles. The fraction of sp³-hybridized carbons (Fsp3) is 0.611. The van der Waals surface area contributed by atoms with Crippen LogP contribution in [-0.4, -0.2) is 24.0 Å². The van der Waals surface area contributed by atoms with Crippen LogP contribution >= 0.6 is 0 Å². The summed E-state index contributed by atoms with van der Waals surface area (Å²) in [5, 5.41) is 6.43. The molecule has 0 atom stereocenters. The minimum Gasteiger partial charge on any atom is -0.352 e. The van der Waals surface area contributed by atoms with Crippen molar-refractivity contribution < 1.29 is 4.79 Å². The lowest BCUT2D eigenvalue weighted by Crippen LogP contribution is -2.47. The molecule has 2 N–H and O–H groups in total. The Kier molecular flexibility index (Phi) is 7.44. The van der Waals surface area contributed by atoms with Crippen molar-refractivity contribution >= 4 is 5.91 Å². The van der Waals surface area contributed by atoms with Crippen LogP contribution in [0.1, 0.15) is 52.5 Å². The van der Waals surface area contributed by atoms with E-state index in [1.54, 1.807) is 0 Å². The van der Waals surface area contributed by atoms with Gasteiger partial charge in [-0.05, 0) is 45.1 Å². The maximum atomic E-state index is 11.9. The van der Waals surface area contributed by atoms with E-state index >= 15 is 0 Å². The van der Waals surface area contributed by atoms with Gasteiger partial charge in [0, 0.05) is 11.6 Å². The molecule has 0 aliphatic heterocycles. The van der Waals surface area contributed by atoms with E-state index in [1.807, 2.05) is 6.07 Å². The van der Waals surface area contributed by atoms with Crippen LogP contribution in [0, 0.1) is 0 Å².